The van der Waals surface area contributed by atoms with Crippen LogP contribution in [0.4, 0.5) is 13.6 Å². The summed E-state index contributed by atoms with van der Waals surface area (Å²) in [7, 11) is 3.46. The first-order chi connectivity index (χ1) is 17.7. The zero-order chi connectivity index (χ0) is 26.9. The summed E-state index contributed by atoms with van der Waals surface area (Å²) in [6.07, 6.45) is 2.73. The maximum Gasteiger partial charge on any atom is 0.317 e. The van der Waals surface area contributed by atoms with Gasteiger partial charge in [0.15, 0.2) is 0 Å². The van der Waals surface area contributed by atoms with Gasteiger partial charge in [0.25, 0.3) is 0 Å². The smallest absolute Gasteiger partial charge is 0.317 e. The Kier molecular flexibility index (Phi) is 11.4. The van der Waals surface area contributed by atoms with Crippen LogP contribution >= 0.6 is 11.6 Å². The van der Waals surface area contributed by atoms with E-state index < -0.39 is 17.6 Å². The van der Waals surface area contributed by atoms with E-state index in [-0.39, 0.29) is 37.4 Å². The third-order valence-corrected chi connectivity index (χ3v) is 7.83. The Balaban J connectivity index is 1.66. The molecule has 1 heterocycles. The topological polar surface area (TPSA) is 83.1 Å². The molecule has 2 fully saturated rings. The Labute approximate surface area is 224 Å². The number of benzene rings is 1. The highest BCUT2D eigenvalue weighted by Crippen LogP contribution is 2.38. The number of alkyl halides is 2. The number of ether oxygens (including phenoxy) is 2. The zero-order valence-electron chi connectivity index (χ0n) is 22.0. The fraction of sp³-hybridized carbons (Fsp3) is 0.741. The molecule has 0 radical (unpaired) electrons. The van der Waals surface area contributed by atoms with Gasteiger partial charge in [0.05, 0.1) is 13.2 Å². The van der Waals surface area contributed by atoms with E-state index in [2.05, 4.69) is 10.6 Å². The molecule has 2 aliphatic rings. The molecule has 1 aliphatic heterocycles. The maximum atomic E-state index is 13.6. The van der Waals surface area contributed by atoms with E-state index in [9.17, 15) is 18.7 Å². The summed E-state index contributed by atoms with van der Waals surface area (Å²) in [5.41, 5.74) is -0.665. The second-order valence-corrected chi connectivity index (χ2v) is 10.9. The highest BCUT2D eigenvalue weighted by Gasteiger charge is 2.43. The number of hydrogen-bond acceptors (Lipinski definition) is 5. The summed E-state index contributed by atoms with van der Waals surface area (Å²) < 4.78 is 38.3. The molecule has 3 atom stereocenters. The molecule has 10 heteroatoms. The van der Waals surface area contributed by atoms with E-state index in [4.69, 9.17) is 21.1 Å². The molecule has 1 saturated carbocycles. The number of amides is 2. The Morgan fingerprint density at radius 3 is 2.78 bits per heavy atom. The lowest BCUT2D eigenvalue weighted by atomic mass is 9.82. The second kappa shape index (κ2) is 14.0. The molecule has 0 bridgehead atoms. The van der Waals surface area contributed by atoms with E-state index in [1.165, 1.54) is 0 Å². The Morgan fingerprint density at radius 1 is 1.35 bits per heavy atom. The van der Waals surface area contributed by atoms with Crippen LogP contribution in [0.1, 0.15) is 56.9 Å². The molecule has 37 heavy (non-hydrogen) atoms. The molecule has 1 aromatic carbocycles. The number of urea groups is 1. The zero-order valence-corrected chi connectivity index (χ0v) is 22.7. The lowest BCUT2D eigenvalue weighted by Crippen LogP contribution is -2.58. The number of methoxy groups -OCH3 is 1. The number of rotatable bonds is 12. The fourth-order valence-electron chi connectivity index (χ4n) is 5.46. The van der Waals surface area contributed by atoms with Crippen LogP contribution in [0, 0.1) is 5.92 Å². The van der Waals surface area contributed by atoms with Gasteiger partial charge in [-0.05, 0) is 69.2 Å². The van der Waals surface area contributed by atoms with Crippen LogP contribution in [-0.4, -0.2) is 81.1 Å². The number of unbranched alkanes of at least 4 members (excludes halogenated alkanes) is 1. The summed E-state index contributed by atoms with van der Waals surface area (Å²) in [6, 6.07) is 6.74. The number of morpholine rings is 1. The average Bonchev–Trinajstić information content (AvgIpc) is 2.88. The summed E-state index contributed by atoms with van der Waals surface area (Å²) >= 11 is 6.24. The van der Waals surface area contributed by atoms with Crippen molar-refractivity contribution in [1.29, 1.82) is 0 Å². The quantitative estimate of drug-likeness (QED) is 0.335. The first-order valence-corrected chi connectivity index (χ1v) is 13.7. The van der Waals surface area contributed by atoms with Gasteiger partial charge in [0.1, 0.15) is 11.7 Å². The van der Waals surface area contributed by atoms with Crippen molar-refractivity contribution in [3.8, 4) is 0 Å². The van der Waals surface area contributed by atoms with E-state index in [0.29, 0.717) is 69.0 Å². The van der Waals surface area contributed by atoms with E-state index in [1.54, 1.807) is 30.2 Å². The van der Waals surface area contributed by atoms with Gasteiger partial charge in [-0.15, -0.1) is 0 Å². The average molecular weight is 546 g/mol. The van der Waals surface area contributed by atoms with Crippen LogP contribution in [0.25, 0.3) is 0 Å². The van der Waals surface area contributed by atoms with E-state index in [0.717, 1.165) is 6.42 Å². The second-order valence-electron chi connectivity index (χ2n) is 10.4. The molecule has 7 nitrogen and oxygen atoms in total. The number of nitrogens with one attached hydrogen (secondary N) is 2. The molecule has 0 unspecified atom stereocenters. The lowest BCUT2D eigenvalue weighted by molar-refractivity contribution is -0.146. The largest absolute Gasteiger partial charge is 0.385 e. The number of carbonyl (C=O) groups excluding carboxylic acids is 1. The molecule has 3 N–H and O–H groups in total. The minimum Gasteiger partial charge on any atom is -0.385 e. The summed E-state index contributed by atoms with van der Waals surface area (Å²) in [5, 5.41) is 18.6. The molecule has 1 aromatic rings. The van der Waals surface area contributed by atoms with Gasteiger partial charge in [-0.3, -0.25) is 0 Å². The molecule has 1 saturated heterocycles. The number of likely N-dealkylation sites (N-methyl/N-ethyl adjacent to an activating group) is 1. The van der Waals surface area contributed by atoms with Crippen molar-refractivity contribution in [3.05, 3.63) is 34.9 Å². The van der Waals surface area contributed by atoms with Crippen molar-refractivity contribution in [2.24, 2.45) is 5.92 Å². The van der Waals surface area contributed by atoms with Gasteiger partial charge in [-0.2, -0.15) is 0 Å². The van der Waals surface area contributed by atoms with Gasteiger partial charge >= 0.3 is 6.03 Å². The van der Waals surface area contributed by atoms with Gasteiger partial charge in [-0.1, -0.05) is 23.7 Å². The fourth-order valence-corrected chi connectivity index (χ4v) is 5.65. The van der Waals surface area contributed by atoms with Crippen LogP contribution in [-0.2, 0) is 15.1 Å². The predicted octanol–water partition coefficient (Wildman–Crippen LogP) is 4.56. The molecule has 210 valence electrons. The highest BCUT2D eigenvalue weighted by molar-refractivity contribution is 6.30. The van der Waals surface area contributed by atoms with Crippen molar-refractivity contribution in [2.45, 2.75) is 75.0 Å². The van der Waals surface area contributed by atoms with E-state index in [1.807, 2.05) is 13.1 Å². The lowest BCUT2D eigenvalue weighted by Gasteiger charge is -2.43. The molecule has 2 amide bonds. The molecular formula is C27H42ClF2N3O4. The van der Waals surface area contributed by atoms with Gasteiger partial charge in [-0.25, -0.2) is 13.6 Å². The van der Waals surface area contributed by atoms with Crippen molar-refractivity contribution in [2.75, 3.05) is 47.0 Å². The number of hydrogen-bond donors (Lipinski definition) is 3. The Hall–Kier alpha value is -1.52. The third-order valence-electron chi connectivity index (χ3n) is 7.60. The molecule has 1 aliphatic carbocycles. The minimum atomic E-state index is -2.57. The van der Waals surface area contributed by atoms with E-state index >= 15 is 0 Å². The number of nitrogens with zero attached hydrogens (tertiary/aromatic N) is 1. The third kappa shape index (κ3) is 8.75. The van der Waals surface area contributed by atoms with Crippen LogP contribution in [0.2, 0.25) is 5.02 Å². The first kappa shape index (κ1) is 30.0. The van der Waals surface area contributed by atoms with Gasteiger partial charge in [0.2, 0.25) is 5.92 Å². The summed E-state index contributed by atoms with van der Waals surface area (Å²) in [6.45, 7) is 2.07. The normalized spacial score (nSPS) is 22.9. The predicted molar refractivity (Wildman–Crippen MR) is 140 cm³/mol. The van der Waals surface area contributed by atoms with Crippen molar-refractivity contribution < 1.29 is 28.2 Å². The van der Waals surface area contributed by atoms with Crippen LogP contribution in [0.5, 0.6) is 0 Å². The summed E-state index contributed by atoms with van der Waals surface area (Å²) in [5.74, 6) is -2.40. The molecular weight excluding hydrogens is 504 g/mol. The number of halogens is 3. The van der Waals surface area contributed by atoms with Crippen molar-refractivity contribution in [1.82, 2.24) is 15.5 Å². The van der Waals surface area contributed by atoms with Crippen molar-refractivity contribution >= 4 is 17.6 Å². The monoisotopic (exact) mass is 545 g/mol. The van der Waals surface area contributed by atoms with Crippen molar-refractivity contribution in [3.63, 3.8) is 0 Å². The molecule has 0 spiro atoms. The number of carbonyl (C=O) groups is 1. The number of aliphatic hydroxyl groups is 1. The maximum absolute atomic E-state index is 13.6. The first-order valence-electron chi connectivity index (χ1n) is 13.3. The van der Waals surface area contributed by atoms with Crippen LogP contribution in [0.3, 0.4) is 0 Å². The summed E-state index contributed by atoms with van der Waals surface area (Å²) in [4.78, 5) is 15.0. The standard InChI is InChI=1S/C27H42ClF2N3O4/c1-31-18-23(16-20-8-11-26(29,30)12-9-20)32-25(34)33-13-15-37-24(19-33)27(35,10-3-4-14-36-2)21-6-5-7-22(28)17-21/h5-7,17,20,23-24,31,35H,3-4,8-16,18-19H2,1-2H3,(H,32,34)/t23-,24+,27+/m0/s1. The highest BCUT2D eigenvalue weighted by atomic mass is 35.5. The SMILES string of the molecule is CNC[C@H](CC1CCC(F)(F)CC1)NC(=O)N1CCO[C@@H]([C@@](O)(CCCCOC)c2cccc(Cl)c2)C1. The van der Waals surface area contributed by atoms with Gasteiger partial charge in [0, 0.05) is 50.7 Å². The molecule has 0 aromatic heterocycles. The van der Waals surface area contributed by atoms with Gasteiger partial charge < -0.3 is 30.1 Å². The Morgan fingerprint density at radius 2 is 2.11 bits per heavy atom. The molecule has 3 rings (SSSR count). The Bertz CT molecular complexity index is 855. The minimum absolute atomic E-state index is 0.0878. The van der Waals surface area contributed by atoms with Crippen LogP contribution < -0.4 is 10.6 Å². The van der Waals surface area contributed by atoms with Crippen LogP contribution in [0.15, 0.2) is 24.3 Å².